The monoisotopic (exact) mass is 346 g/mol. The lowest BCUT2D eigenvalue weighted by Gasteiger charge is -2.62. The van der Waals surface area contributed by atoms with Gasteiger partial charge in [-0.2, -0.15) is 0 Å². The molecule has 0 saturated carbocycles. The zero-order valence-corrected chi connectivity index (χ0v) is 15.3. The highest BCUT2D eigenvalue weighted by Crippen LogP contribution is 2.36. The van der Waals surface area contributed by atoms with Crippen molar-refractivity contribution >= 4 is 16.6 Å². The summed E-state index contributed by atoms with van der Waals surface area (Å²) in [6.07, 6.45) is 0. The van der Waals surface area contributed by atoms with Crippen molar-refractivity contribution in [3.8, 4) is 11.4 Å². The molecule has 2 atom stereocenters. The van der Waals surface area contributed by atoms with Crippen LogP contribution in [-0.2, 0) is 7.05 Å². The van der Waals surface area contributed by atoms with Gasteiger partial charge in [0.25, 0.3) is 5.56 Å². The van der Waals surface area contributed by atoms with E-state index in [2.05, 4.69) is 29.0 Å². The molecule has 3 aromatic rings. The van der Waals surface area contributed by atoms with Crippen LogP contribution in [0.5, 0.6) is 0 Å². The van der Waals surface area contributed by atoms with E-state index in [1.54, 1.807) is 11.6 Å². The van der Waals surface area contributed by atoms with Crippen molar-refractivity contribution in [3.05, 3.63) is 58.4 Å². The molecule has 2 aliphatic heterocycles. The highest BCUT2D eigenvalue weighted by molar-refractivity contribution is 5.84. The van der Waals surface area contributed by atoms with E-state index >= 15 is 0 Å². The van der Waals surface area contributed by atoms with E-state index in [1.165, 1.54) is 0 Å². The first-order valence-corrected chi connectivity index (χ1v) is 9.07. The summed E-state index contributed by atoms with van der Waals surface area (Å²) in [7, 11) is 3.98. The Morgan fingerprint density at radius 1 is 1.04 bits per heavy atom. The molecule has 5 nitrogen and oxygen atoms in total. The van der Waals surface area contributed by atoms with Crippen molar-refractivity contribution in [1.29, 1.82) is 0 Å². The Labute approximate surface area is 152 Å². The van der Waals surface area contributed by atoms with Crippen LogP contribution in [0.2, 0.25) is 0 Å². The fourth-order valence-electron chi connectivity index (χ4n) is 4.25. The molecule has 2 aliphatic rings. The topological polar surface area (TPSA) is 41.4 Å². The van der Waals surface area contributed by atoms with Gasteiger partial charge in [0, 0.05) is 37.4 Å². The zero-order valence-electron chi connectivity index (χ0n) is 15.3. The summed E-state index contributed by atoms with van der Waals surface area (Å²) in [5, 5.41) is 0.692. The van der Waals surface area contributed by atoms with Crippen molar-refractivity contribution in [2.24, 2.45) is 7.05 Å². The van der Waals surface area contributed by atoms with E-state index in [9.17, 15) is 4.79 Å². The molecule has 0 amide bonds. The van der Waals surface area contributed by atoms with E-state index < -0.39 is 0 Å². The average Bonchev–Trinajstić information content (AvgIpc) is 2.62. The minimum absolute atomic E-state index is 0.0103. The minimum atomic E-state index is 0.0103. The fraction of sp³-hybridized carbons (Fsp3) is 0.333. The largest absolute Gasteiger partial charge is 0.364 e. The van der Waals surface area contributed by atoms with Crippen LogP contribution in [-0.4, -0.2) is 46.7 Å². The van der Waals surface area contributed by atoms with Gasteiger partial charge >= 0.3 is 0 Å². The molecule has 2 fully saturated rings. The second-order valence-corrected chi connectivity index (χ2v) is 7.60. The van der Waals surface area contributed by atoms with Crippen LogP contribution in [0.4, 0.5) is 5.69 Å². The normalized spacial score (nSPS) is 22.0. The van der Waals surface area contributed by atoms with Crippen LogP contribution in [0, 0.1) is 6.92 Å². The number of hydrogen-bond donors (Lipinski definition) is 0. The maximum Gasteiger partial charge on any atom is 0.261 e. The molecule has 26 heavy (non-hydrogen) atoms. The highest BCUT2D eigenvalue weighted by atomic mass is 16.1. The molecule has 1 aromatic heterocycles. The van der Waals surface area contributed by atoms with Crippen LogP contribution >= 0.6 is 0 Å². The average molecular weight is 346 g/mol. The number of hydrogen-bond acceptors (Lipinski definition) is 4. The number of benzene rings is 2. The van der Waals surface area contributed by atoms with Crippen LogP contribution in [0.1, 0.15) is 5.56 Å². The standard InChI is InChI=1S/C21H22N4O/c1-13-5-4-6-14(9-13)20-22-17-8-7-15(10-16(17)21(26)24(20)3)25-12-18-19(25)11-23(18)2/h4-10,18-19H,11-12H2,1-3H3. The molecule has 2 saturated heterocycles. The molecule has 3 heterocycles. The van der Waals surface area contributed by atoms with Crippen LogP contribution in [0.25, 0.3) is 22.3 Å². The minimum Gasteiger partial charge on any atom is -0.364 e. The summed E-state index contributed by atoms with van der Waals surface area (Å²) < 4.78 is 1.66. The molecule has 0 aliphatic carbocycles. The summed E-state index contributed by atoms with van der Waals surface area (Å²) in [6, 6.07) is 15.5. The van der Waals surface area contributed by atoms with E-state index in [0.717, 1.165) is 35.4 Å². The predicted octanol–water partition coefficient (Wildman–Crippen LogP) is 2.41. The molecule has 0 spiro atoms. The molecule has 132 valence electrons. The SMILES string of the molecule is Cc1cccc(-c2nc3ccc(N4CC5C4CN5C)cc3c(=O)n2C)c1. The number of likely N-dealkylation sites (N-methyl/N-ethyl adjacent to an activating group) is 1. The van der Waals surface area contributed by atoms with Gasteiger partial charge in [0.05, 0.1) is 16.9 Å². The molecule has 5 heteroatoms. The molecule has 0 N–H and O–H groups in total. The lowest BCUT2D eigenvalue weighted by atomic mass is 9.85. The Morgan fingerprint density at radius 3 is 2.58 bits per heavy atom. The maximum atomic E-state index is 13.0. The number of piperazine rings is 1. The number of aryl methyl sites for hydroxylation is 1. The van der Waals surface area contributed by atoms with Crippen molar-refractivity contribution in [1.82, 2.24) is 14.5 Å². The number of fused-ring (bicyclic) bond motifs is 2. The quantitative estimate of drug-likeness (QED) is 0.715. The van der Waals surface area contributed by atoms with Gasteiger partial charge in [-0.15, -0.1) is 0 Å². The number of nitrogens with zero attached hydrogens (tertiary/aromatic N) is 4. The second kappa shape index (κ2) is 5.42. The molecule has 2 aromatic carbocycles. The van der Waals surface area contributed by atoms with Crippen LogP contribution < -0.4 is 10.5 Å². The lowest BCUT2D eigenvalue weighted by molar-refractivity contribution is 0.0369. The van der Waals surface area contributed by atoms with Gasteiger partial charge in [0.15, 0.2) is 0 Å². The number of aromatic nitrogens is 2. The summed E-state index contributed by atoms with van der Waals surface area (Å²) >= 11 is 0. The molecular formula is C21H22N4O. The Hall–Kier alpha value is -2.66. The van der Waals surface area contributed by atoms with E-state index in [0.29, 0.717) is 23.3 Å². The van der Waals surface area contributed by atoms with E-state index in [1.807, 2.05) is 37.3 Å². The highest BCUT2D eigenvalue weighted by Gasteiger charge is 2.49. The van der Waals surface area contributed by atoms with E-state index in [-0.39, 0.29) is 5.56 Å². The first kappa shape index (κ1) is 15.6. The van der Waals surface area contributed by atoms with E-state index in [4.69, 9.17) is 4.98 Å². The zero-order chi connectivity index (χ0) is 18.0. The summed E-state index contributed by atoms with van der Waals surface area (Å²) in [5.41, 5.74) is 4.03. The Balaban J connectivity index is 1.59. The summed E-state index contributed by atoms with van der Waals surface area (Å²) in [6.45, 7) is 4.19. The van der Waals surface area contributed by atoms with Gasteiger partial charge < -0.3 is 4.90 Å². The second-order valence-electron chi connectivity index (χ2n) is 7.60. The van der Waals surface area contributed by atoms with Gasteiger partial charge in [0.2, 0.25) is 0 Å². The Kier molecular flexibility index (Phi) is 3.25. The van der Waals surface area contributed by atoms with Gasteiger partial charge in [-0.05, 0) is 38.2 Å². The van der Waals surface area contributed by atoms with Gasteiger partial charge in [-0.25, -0.2) is 4.98 Å². The molecule has 5 rings (SSSR count). The first-order valence-electron chi connectivity index (χ1n) is 9.07. The first-order chi connectivity index (χ1) is 12.5. The van der Waals surface area contributed by atoms with Crippen molar-refractivity contribution in [2.75, 3.05) is 25.0 Å². The van der Waals surface area contributed by atoms with Crippen LogP contribution in [0.15, 0.2) is 47.3 Å². The van der Waals surface area contributed by atoms with Gasteiger partial charge in [-0.3, -0.25) is 14.3 Å². The third kappa shape index (κ3) is 2.13. The number of likely N-dealkylation sites (tertiary alicyclic amines) is 1. The lowest BCUT2D eigenvalue weighted by Crippen LogP contribution is -2.78. The number of anilines is 1. The van der Waals surface area contributed by atoms with Gasteiger partial charge in [-0.1, -0.05) is 23.8 Å². The van der Waals surface area contributed by atoms with Crippen LogP contribution in [0.3, 0.4) is 0 Å². The Bertz CT molecular complexity index is 1090. The fourth-order valence-corrected chi connectivity index (χ4v) is 4.25. The Morgan fingerprint density at radius 2 is 1.88 bits per heavy atom. The third-order valence-corrected chi connectivity index (χ3v) is 5.94. The smallest absolute Gasteiger partial charge is 0.261 e. The predicted molar refractivity (Wildman–Crippen MR) is 105 cm³/mol. The number of rotatable bonds is 2. The maximum absolute atomic E-state index is 13.0. The van der Waals surface area contributed by atoms with Crippen molar-refractivity contribution in [3.63, 3.8) is 0 Å². The molecule has 0 radical (unpaired) electrons. The summed E-state index contributed by atoms with van der Waals surface area (Å²) in [4.78, 5) is 22.6. The third-order valence-electron chi connectivity index (χ3n) is 5.94. The van der Waals surface area contributed by atoms with Gasteiger partial charge in [0.1, 0.15) is 5.82 Å². The molecular weight excluding hydrogens is 324 g/mol. The summed E-state index contributed by atoms with van der Waals surface area (Å²) in [5.74, 6) is 0.712. The molecule has 0 bridgehead atoms. The molecule has 2 unspecified atom stereocenters. The van der Waals surface area contributed by atoms with Crippen molar-refractivity contribution < 1.29 is 0 Å². The van der Waals surface area contributed by atoms with Crippen molar-refractivity contribution in [2.45, 2.75) is 19.0 Å².